The Bertz CT molecular complexity index is 642. The quantitative estimate of drug-likeness (QED) is 0.815. The van der Waals surface area contributed by atoms with Gasteiger partial charge in [0.25, 0.3) is 0 Å². The molecule has 0 spiro atoms. The van der Waals surface area contributed by atoms with Crippen molar-refractivity contribution in [3.8, 4) is 6.07 Å². The van der Waals surface area contributed by atoms with Crippen molar-refractivity contribution in [1.29, 1.82) is 5.26 Å². The van der Waals surface area contributed by atoms with Crippen LogP contribution < -0.4 is 15.5 Å². The van der Waals surface area contributed by atoms with Gasteiger partial charge in [0.05, 0.1) is 5.56 Å². The number of hydrogen-bond donors (Lipinski definition) is 2. The van der Waals surface area contributed by atoms with E-state index in [1.54, 1.807) is 18.3 Å². The van der Waals surface area contributed by atoms with E-state index in [2.05, 4.69) is 31.5 Å². The van der Waals surface area contributed by atoms with Crippen LogP contribution in [0.3, 0.4) is 0 Å². The average molecular weight is 344 g/mol. The van der Waals surface area contributed by atoms with E-state index in [-0.39, 0.29) is 5.91 Å². The number of anilines is 1. The van der Waals surface area contributed by atoms with E-state index >= 15 is 0 Å². The maximum atomic E-state index is 11.6. The summed E-state index contributed by atoms with van der Waals surface area (Å²) in [4.78, 5) is 31.5. The number of nitrogens with one attached hydrogen (secondary N) is 2. The fourth-order valence-corrected chi connectivity index (χ4v) is 2.86. The summed E-state index contributed by atoms with van der Waals surface area (Å²) in [5.74, 6) is 0.486. The highest BCUT2D eigenvalue weighted by atomic mass is 16.2. The molecule has 25 heavy (non-hydrogen) atoms. The number of pyridine rings is 1. The van der Waals surface area contributed by atoms with Crippen molar-refractivity contribution in [2.45, 2.75) is 19.3 Å². The second kappa shape index (κ2) is 9.59. The molecule has 2 heterocycles. The summed E-state index contributed by atoms with van der Waals surface area (Å²) in [5, 5.41) is 13.9. The lowest BCUT2D eigenvalue weighted by Crippen LogP contribution is -2.38. The molecule has 0 atom stereocenters. The zero-order valence-electron chi connectivity index (χ0n) is 14.5. The molecule has 0 radical (unpaired) electrons. The van der Waals surface area contributed by atoms with Gasteiger partial charge in [0.1, 0.15) is 11.9 Å². The van der Waals surface area contributed by atoms with Crippen molar-refractivity contribution in [3.63, 3.8) is 0 Å². The van der Waals surface area contributed by atoms with Gasteiger partial charge in [0.15, 0.2) is 0 Å². The lowest BCUT2D eigenvalue weighted by atomic mass is 10.2. The van der Waals surface area contributed by atoms with E-state index < -0.39 is 6.03 Å². The summed E-state index contributed by atoms with van der Waals surface area (Å²) < 4.78 is 0. The summed E-state index contributed by atoms with van der Waals surface area (Å²) in [6.07, 6.45) is 3.72. The summed E-state index contributed by atoms with van der Waals surface area (Å²) in [7, 11) is 1.48. The second-order valence-corrected chi connectivity index (χ2v) is 5.90. The van der Waals surface area contributed by atoms with Crippen molar-refractivity contribution < 1.29 is 9.59 Å². The number of hydrogen-bond acceptors (Lipinski definition) is 6. The van der Waals surface area contributed by atoms with Crippen molar-refractivity contribution in [2.24, 2.45) is 0 Å². The average Bonchev–Trinajstić information content (AvgIpc) is 2.87. The van der Waals surface area contributed by atoms with Crippen molar-refractivity contribution >= 4 is 17.8 Å². The first-order chi connectivity index (χ1) is 12.1. The Hall–Kier alpha value is -2.66. The third kappa shape index (κ3) is 5.72. The highest BCUT2D eigenvalue weighted by molar-refractivity contribution is 5.94. The SMILES string of the molecule is CNC(=O)NC(=O)CCCN1CCCN(c2ncccc2C#N)CC1. The standard InChI is InChI=1S/C17H24N6O2/c1-19-17(25)21-15(24)6-3-8-22-9-4-10-23(12-11-22)16-14(13-18)5-2-7-20-16/h2,5,7H,3-4,6,8-12H2,1H3,(H2,19,21,24,25). The monoisotopic (exact) mass is 344 g/mol. The molecular formula is C17H24N6O2. The Labute approximate surface area is 147 Å². The van der Waals surface area contributed by atoms with Gasteiger partial charge in [-0.05, 0) is 38.1 Å². The lowest BCUT2D eigenvalue weighted by Gasteiger charge is -2.23. The largest absolute Gasteiger partial charge is 0.354 e. The molecule has 1 saturated heterocycles. The number of rotatable bonds is 5. The van der Waals surface area contributed by atoms with Gasteiger partial charge in [0.2, 0.25) is 5.91 Å². The number of amides is 3. The molecule has 1 aliphatic heterocycles. The molecule has 1 aromatic heterocycles. The number of carbonyl (C=O) groups excluding carboxylic acids is 2. The summed E-state index contributed by atoms with van der Waals surface area (Å²) in [6, 6.07) is 5.29. The number of urea groups is 1. The van der Waals surface area contributed by atoms with Crippen molar-refractivity contribution in [2.75, 3.05) is 44.7 Å². The number of imide groups is 1. The molecule has 3 amide bonds. The third-order valence-corrected chi connectivity index (χ3v) is 4.15. The van der Waals surface area contributed by atoms with Gasteiger partial charge in [-0.2, -0.15) is 5.26 Å². The van der Waals surface area contributed by atoms with Gasteiger partial charge >= 0.3 is 6.03 Å². The molecular weight excluding hydrogens is 320 g/mol. The van der Waals surface area contributed by atoms with Crippen LogP contribution in [0.15, 0.2) is 18.3 Å². The molecule has 1 fully saturated rings. The topological polar surface area (TPSA) is 101 Å². The Balaban J connectivity index is 1.79. The van der Waals surface area contributed by atoms with E-state index in [9.17, 15) is 14.9 Å². The fourth-order valence-electron chi connectivity index (χ4n) is 2.86. The van der Waals surface area contributed by atoms with Crippen LogP contribution in [0.2, 0.25) is 0 Å². The number of carbonyl (C=O) groups is 2. The Morgan fingerprint density at radius 3 is 2.92 bits per heavy atom. The Morgan fingerprint density at radius 1 is 1.32 bits per heavy atom. The smallest absolute Gasteiger partial charge is 0.321 e. The molecule has 1 aromatic rings. The summed E-state index contributed by atoms with van der Waals surface area (Å²) in [6.45, 7) is 4.28. The van der Waals surface area contributed by atoms with Gasteiger partial charge in [-0.1, -0.05) is 0 Å². The van der Waals surface area contributed by atoms with Crippen LogP contribution in [0, 0.1) is 11.3 Å². The van der Waals surface area contributed by atoms with Crippen LogP contribution in [0.5, 0.6) is 0 Å². The van der Waals surface area contributed by atoms with Crippen LogP contribution in [0.4, 0.5) is 10.6 Å². The summed E-state index contributed by atoms with van der Waals surface area (Å²) in [5.41, 5.74) is 0.599. The normalized spacial score (nSPS) is 15.1. The fraction of sp³-hybridized carbons (Fsp3) is 0.529. The molecule has 2 rings (SSSR count). The van der Waals surface area contributed by atoms with E-state index in [1.807, 2.05) is 0 Å². The first-order valence-electron chi connectivity index (χ1n) is 8.48. The first-order valence-corrected chi connectivity index (χ1v) is 8.48. The molecule has 8 heteroatoms. The van der Waals surface area contributed by atoms with Gasteiger partial charge in [-0.3, -0.25) is 10.1 Å². The van der Waals surface area contributed by atoms with Gasteiger partial charge in [0, 0.05) is 39.3 Å². The molecule has 0 unspecified atom stereocenters. The number of nitriles is 1. The van der Waals surface area contributed by atoms with Gasteiger partial charge in [-0.15, -0.1) is 0 Å². The molecule has 8 nitrogen and oxygen atoms in total. The van der Waals surface area contributed by atoms with Crippen molar-refractivity contribution in [3.05, 3.63) is 23.9 Å². The predicted octanol–water partition coefficient (Wildman–Crippen LogP) is 0.701. The van der Waals surface area contributed by atoms with E-state index in [4.69, 9.17) is 0 Å². The molecule has 1 aliphatic rings. The highest BCUT2D eigenvalue weighted by Gasteiger charge is 2.18. The van der Waals surface area contributed by atoms with Crippen LogP contribution in [0.25, 0.3) is 0 Å². The third-order valence-electron chi connectivity index (χ3n) is 4.15. The zero-order valence-corrected chi connectivity index (χ0v) is 14.5. The van der Waals surface area contributed by atoms with Crippen LogP contribution in [0.1, 0.15) is 24.8 Å². The van der Waals surface area contributed by atoms with Gasteiger partial charge in [-0.25, -0.2) is 9.78 Å². The minimum Gasteiger partial charge on any atom is -0.354 e. The van der Waals surface area contributed by atoms with E-state index in [0.717, 1.165) is 45.0 Å². The molecule has 0 bridgehead atoms. The van der Waals surface area contributed by atoms with Crippen LogP contribution in [-0.2, 0) is 4.79 Å². The Kier molecular flexibility index (Phi) is 7.16. The maximum Gasteiger partial charge on any atom is 0.321 e. The predicted molar refractivity (Wildman–Crippen MR) is 94.1 cm³/mol. The minimum absolute atomic E-state index is 0.261. The molecule has 0 aromatic carbocycles. The molecule has 0 saturated carbocycles. The Morgan fingerprint density at radius 2 is 2.16 bits per heavy atom. The van der Waals surface area contributed by atoms with Crippen molar-refractivity contribution in [1.82, 2.24) is 20.5 Å². The van der Waals surface area contributed by atoms with Crippen LogP contribution in [-0.4, -0.2) is 61.6 Å². The second-order valence-electron chi connectivity index (χ2n) is 5.90. The molecule has 134 valence electrons. The molecule has 0 aliphatic carbocycles. The summed E-state index contributed by atoms with van der Waals surface area (Å²) >= 11 is 0. The highest BCUT2D eigenvalue weighted by Crippen LogP contribution is 2.18. The number of nitrogens with zero attached hydrogens (tertiary/aromatic N) is 4. The van der Waals surface area contributed by atoms with Crippen LogP contribution >= 0.6 is 0 Å². The molecule has 2 N–H and O–H groups in total. The van der Waals surface area contributed by atoms with E-state index in [1.165, 1.54) is 7.05 Å². The maximum absolute atomic E-state index is 11.6. The van der Waals surface area contributed by atoms with Gasteiger partial charge < -0.3 is 15.1 Å². The first kappa shape index (κ1) is 18.7. The minimum atomic E-state index is -0.473. The number of aromatic nitrogens is 1. The van der Waals surface area contributed by atoms with E-state index in [0.29, 0.717) is 18.4 Å². The zero-order chi connectivity index (χ0) is 18.1. The lowest BCUT2D eigenvalue weighted by molar-refractivity contribution is -0.120.